The molecule has 6 aromatic rings. The molecule has 2 heterocycles. The van der Waals surface area contributed by atoms with Crippen molar-refractivity contribution in [3.05, 3.63) is 149 Å². The molecule has 1 spiro atoms. The van der Waals surface area contributed by atoms with E-state index in [1.54, 1.807) is 11.8 Å². The van der Waals surface area contributed by atoms with Gasteiger partial charge in [-0.05, 0) is 57.1 Å². The summed E-state index contributed by atoms with van der Waals surface area (Å²) in [7, 11) is 0. The van der Waals surface area contributed by atoms with Crippen molar-refractivity contribution in [2.24, 2.45) is 0 Å². The number of benzene rings is 5. The molecular formula is C34H20ClN3S. The molecule has 0 atom stereocenters. The molecule has 5 heteroatoms. The minimum atomic E-state index is -0.394. The average Bonchev–Trinajstić information content (AvgIpc) is 3.28. The van der Waals surface area contributed by atoms with Gasteiger partial charge in [-0.3, -0.25) is 0 Å². The Morgan fingerprint density at radius 1 is 0.487 bits per heavy atom. The molecule has 0 saturated carbocycles. The maximum Gasteiger partial charge on any atom is 0.226 e. The van der Waals surface area contributed by atoms with Gasteiger partial charge in [0.25, 0.3) is 0 Å². The molecule has 1 aliphatic carbocycles. The number of rotatable bonds is 2. The van der Waals surface area contributed by atoms with Gasteiger partial charge in [0.2, 0.25) is 5.28 Å². The van der Waals surface area contributed by atoms with Crippen LogP contribution in [0.15, 0.2) is 131 Å². The molecule has 5 aromatic carbocycles. The average molecular weight is 538 g/mol. The van der Waals surface area contributed by atoms with Gasteiger partial charge in [-0.15, -0.1) is 0 Å². The van der Waals surface area contributed by atoms with Crippen molar-refractivity contribution >= 4 is 23.4 Å². The van der Waals surface area contributed by atoms with E-state index in [2.05, 4.69) is 101 Å². The summed E-state index contributed by atoms with van der Waals surface area (Å²) in [5.41, 5.74) is 9.25. The number of fused-ring (bicyclic) bond motifs is 9. The molecule has 184 valence electrons. The van der Waals surface area contributed by atoms with Crippen molar-refractivity contribution < 1.29 is 0 Å². The normalized spacial score (nSPS) is 13.9. The van der Waals surface area contributed by atoms with Gasteiger partial charge >= 0.3 is 0 Å². The van der Waals surface area contributed by atoms with Gasteiger partial charge < -0.3 is 0 Å². The Kier molecular flexibility index (Phi) is 5.03. The molecule has 0 saturated heterocycles. The molecule has 39 heavy (non-hydrogen) atoms. The Balaban J connectivity index is 1.38. The van der Waals surface area contributed by atoms with E-state index in [1.807, 2.05) is 30.3 Å². The predicted molar refractivity (Wildman–Crippen MR) is 157 cm³/mol. The summed E-state index contributed by atoms with van der Waals surface area (Å²) in [6.45, 7) is 0. The lowest BCUT2D eigenvalue weighted by molar-refractivity contribution is 0.722. The highest BCUT2D eigenvalue weighted by atomic mass is 35.5. The first-order valence-electron chi connectivity index (χ1n) is 12.8. The molecule has 2 aliphatic rings. The van der Waals surface area contributed by atoms with Crippen LogP contribution in [-0.4, -0.2) is 15.0 Å². The zero-order valence-corrected chi connectivity index (χ0v) is 22.2. The Labute approximate surface area is 235 Å². The van der Waals surface area contributed by atoms with Gasteiger partial charge in [0, 0.05) is 20.9 Å². The Morgan fingerprint density at radius 2 is 1.05 bits per heavy atom. The van der Waals surface area contributed by atoms with E-state index in [1.165, 1.54) is 43.2 Å². The summed E-state index contributed by atoms with van der Waals surface area (Å²) in [5.74, 6) is 1.13. The molecule has 1 aromatic heterocycles. The lowest BCUT2D eigenvalue weighted by Crippen LogP contribution is -2.31. The molecule has 3 nitrogen and oxygen atoms in total. The SMILES string of the molecule is Clc1nc(-c2ccccc2)nc(-c2ccc3c(c2)Sc2ccccc2C32c3ccccc3-c3ccccc32)n1. The summed E-state index contributed by atoms with van der Waals surface area (Å²) in [6.07, 6.45) is 0. The monoisotopic (exact) mass is 537 g/mol. The van der Waals surface area contributed by atoms with Gasteiger partial charge in [0.15, 0.2) is 11.6 Å². The number of nitrogens with zero attached hydrogens (tertiary/aromatic N) is 3. The Morgan fingerprint density at radius 3 is 1.77 bits per heavy atom. The van der Waals surface area contributed by atoms with Gasteiger partial charge in [0.05, 0.1) is 5.41 Å². The van der Waals surface area contributed by atoms with Crippen LogP contribution in [0.25, 0.3) is 33.9 Å². The number of aromatic nitrogens is 3. The van der Waals surface area contributed by atoms with Crippen LogP contribution in [0.1, 0.15) is 22.3 Å². The van der Waals surface area contributed by atoms with Crippen LogP contribution in [0.4, 0.5) is 0 Å². The zero-order valence-electron chi connectivity index (χ0n) is 20.7. The highest BCUT2D eigenvalue weighted by Crippen LogP contribution is 2.62. The Bertz CT molecular complexity index is 1870. The van der Waals surface area contributed by atoms with Crippen LogP contribution in [-0.2, 0) is 5.41 Å². The van der Waals surface area contributed by atoms with E-state index in [9.17, 15) is 0 Å². The number of halogens is 1. The smallest absolute Gasteiger partial charge is 0.208 e. The van der Waals surface area contributed by atoms with Crippen LogP contribution in [0.2, 0.25) is 5.28 Å². The van der Waals surface area contributed by atoms with E-state index in [-0.39, 0.29) is 5.28 Å². The minimum Gasteiger partial charge on any atom is -0.208 e. The van der Waals surface area contributed by atoms with Crippen LogP contribution in [0, 0.1) is 0 Å². The molecule has 0 fully saturated rings. The fraction of sp³-hybridized carbons (Fsp3) is 0.0294. The first-order valence-corrected chi connectivity index (χ1v) is 14.0. The Hall–Kier alpha value is -4.25. The molecule has 0 N–H and O–H groups in total. The second kappa shape index (κ2) is 8.63. The van der Waals surface area contributed by atoms with Crippen LogP contribution >= 0.6 is 23.4 Å². The highest BCUT2D eigenvalue weighted by Gasteiger charge is 2.49. The van der Waals surface area contributed by atoms with Crippen LogP contribution in [0.3, 0.4) is 0 Å². The molecule has 0 bridgehead atoms. The molecule has 1 aliphatic heterocycles. The van der Waals surface area contributed by atoms with Crippen molar-refractivity contribution in [2.75, 3.05) is 0 Å². The lowest BCUT2D eigenvalue weighted by Gasteiger charge is -2.39. The van der Waals surface area contributed by atoms with E-state index in [0.717, 1.165) is 11.1 Å². The third-order valence-electron chi connectivity index (χ3n) is 7.75. The highest BCUT2D eigenvalue weighted by molar-refractivity contribution is 7.99. The molecule has 0 unspecified atom stereocenters. The standard InChI is InChI=1S/C34H20ClN3S/c35-33-37-31(21-10-2-1-3-11-21)36-32(38-33)22-18-19-28-30(20-22)39-29-17-9-8-16-27(29)34(28)25-14-6-4-12-23(25)24-13-5-7-15-26(24)34/h1-20H. The first kappa shape index (κ1) is 22.7. The quantitative estimate of drug-likeness (QED) is 0.221. The summed E-state index contributed by atoms with van der Waals surface area (Å²) >= 11 is 8.21. The molecule has 0 amide bonds. The summed E-state index contributed by atoms with van der Waals surface area (Å²) in [6, 6.07) is 42.9. The second-order valence-electron chi connectivity index (χ2n) is 9.77. The van der Waals surface area contributed by atoms with E-state index < -0.39 is 5.41 Å². The van der Waals surface area contributed by atoms with Crippen molar-refractivity contribution in [3.63, 3.8) is 0 Å². The third kappa shape index (κ3) is 3.29. The predicted octanol–water partition coefficient (Wildman–Crippen LogP) is 8.69. The fourth-order valence-corrected chi connectivity index (χ4v) is 7.59. The van der Waals surface area contributed by atoms with Crippen molar-refractivity contribution in [2.45, 2.75) is 15.2 Å². The number of hydrogen-bond donors (Lipinski definition) is 0. The maximum absolute atomic E-state index is 6.40. The topological polar surface area (TPSA) is 38.7 Å². The summed E-state index contributed by atoms with van der Waals surface area (Å²) < 4.78 is 0. The van der Waals surface area contributed by atoms with Crippen molar-refractivity contribution in [1.29, 1.82) is 0 Å². The van der Waals surface area contributed by atoms with E-state index in [4.69, 9.17) is 16.6 Å². The minimum absolute atomic E-state index is 0.185. The third-order valence-corrected chi connectivity index (χ3v) is 9.05. The molecule has 0 radical (unpaired) electrons. The lowest BCUT2D eigenvalue weighted by atomic mass is 9.67. The second-order valence-corrected chi connectivity index (χ2v) is 11.2. The van der Waals surface area contributed by atoms with E-state index >= 15 is 0 Å². The fourth-order valence-electron chi connectivity index (χ4n) is 6.20. The molecular weight excluding hydrogens is 518 g/mol. The van der Waals surface area contributed by atoms with Crippen molar-refractivity contribution in [3.8, 4) is 33.9 Å². The largest absolute Gasteiger partial charge is 0.226 e. The van der Waals surface area contributed by atoms with Crippen LogP contribution in [0.5, 0.6) is 0 Å². The van der Waals surface area contributed by atoms with Gasteiger partial charge in [-0.2, -0.15) is 9.97 Å². The maximum atomic E-state index is 6.40. The van der Waals surface area contributed by atoms with Gasteiger partial charge in [0.1, 0.15) is 0 Å². The number of hydrogen-bond acceptors (Lipinski definition) is 4. The van der Waals surface area contributed by atoms with Crippen LogP contribution < -0.4 is 0 Å². The molecule has 8 rings (SSSR count). The zero-order chi connectivity index (χ0) is 26.0. The first-order chi connectivity index (χ1) is 19.2. The van der Waals surface area contributed by atoms with Gasteiger partial charge in [-0.25, -0.2) is 4.98 Å². The van der Waals surface area contributed by atoms with E-state index in [0.29, 0.717) is 11.6 Å². The summed E-state index contributed by atoms with van der Waals surface area (Å²) in [4.78, 5) is 16.2. The summed E-state index contributed by atoms with van der Waals surface area (Å²) in [5, 5.41) is 0.185. The van der Waals surface area contributed by atoms with Gasteiger partial charge in [-0.1, -0.05) is 121 Å². The van der Waals surface area contributed by atoms with Crippen molar-refractivity contribution in [1.82, 2.24) is 15.0 Å².